The van der Waals surface area contributed by atoms with E-state index in [0.717, 1.165) is 18.0 Å². The molecule has 0 aliphatic carbocycles. The summed E-state index contributed by atoms with van der Waals surface area (Å²) in [7, 11) is 0. The summed E-state index contributed by atoms with van der Waals surface area (Å²) < 4.78 is 8.38. The lowest BCUT2D eigenvalue weighted by Crippen LogP contribution is -2.11. The Morgan fingerprint density at radius 2 is 2.15 bits per heavy atom. The van der Waals surface area contributed by atoms with Crippen molar-refractivity contribution in [3.63, 3.8) is 0 Å². The molecule has 1 atom stereocenters. The molecule has 20 heavy (non-hydrogen) atoms. The van der Waals surface area contributed by atoms with E-state index in [-0.39, 0.29) is 6.10 Å². The zero-order valence-corrected chi connectivity index (χ0v) is 12.6. The first-order chi connectivity index (χ1) is 9.65. The van der Waals surface area contributed by atoms with Crippen LogP contribution in [-0.4, -0.2) is 14.8 Å². The van der Waals surface area contributed by atoms with Crippen molar-refractivity contribution >= 4 is 12.2 Å². The minimum absolute atomic E-state index is 0.185. The first-order valence-electron chi connectivity index (χ1n) is 6.67. The van der Waals surface area contributed by atoms with Gasteiger partial charge in [-0.15, -0.1) is 6.58 Å². The summed E-state index contributed by atoms with van der Waals surface area (Å²) >= 11 is 5.20. The molecule has 0 spiro atoms. The van der Waals surface area contributed by atoms with Gasteiger partial charge in [0.1, 0.15) is 5.75 Å². The lowest BCUT2D eigenvalue weighted by molar-refractivity contribution is 0.211. The summed E-state index contributed by atoms with van der Waals surface area (Å²) in [6.45, 7) is 8.44. The van der Waals surface area contributed by atoms with Gasteiger partial charge in [-0.05, 0) is 43.3 Å². The Labute approximate surface area is 124 Å². The predicted octanol–water partition coefficient (Wildman–Crippen LogP) is 3.83. The number of H-pyrrole nitrogens is 1. The van der Waals surface area contributed by atoms with E-state index in [1.807, 2.05) is 23.6 Å². The maximum Gasteiger partial charge on any atom is 0.195 e. The molecule has 0 radical (unpaired) electrons. The molecule has 4 nitrogen and oxygen atoms in total. The lowest BCUT2D eigenvalue weighted by atomic mass is 10.2. The SMILES string of the molecule is C=CCn1c(C(C)Oc2ccc(CC)cc2)n[nH]c1=S. The number of aryl methyl sites for hydroxylation is 1. The van der Waals surface area contributed by atoms with Crippen molar-refractivity contribution in [3.8, 4) is 5.75 Å². The molecule has 0 aliphatic rings. The topological polar surface area (TPSA) is 42.8 Å². The van der Waals surface area contributed by atoms with Gasteiger partial charge in [-0.1, -0.05) is 25.1 Å². The van der Waals surface area contributed by atoms with Gasteiger partial charge in [0.2, 0.25) is 0 Å². The number of aromatic amines is 1. The monoisotopic (exact) mass is 289 g/mol. The van der Waals surface area contributed by atoms with Crippen LogP contribution in [0.2, 0.25) is 0 Å². The molecule has 0 saturated heterocycles. The van der Waals surface area contributed by atoms with E-state index >= 15 is 0 Å². The summed E-state index contributed by atoms with van der Waals surface area (Å²) in [5.74, 6) is 1.60. The van der Waals surface area contributed by atoms with Crippen LogP contribution < -0.4 is 4.74 Å². The zero-order chi connectivity index (χ0) is 14.5. The quantitative estimate of drug-likeness (QED) is 0.649. The van der Waals surface area contributed by atoms with Gasteiger partial charge in [0.05, 0.1) is 0 Å². The molecule has 1 heterocycles. The standard InChI is InChI=1S/C15H19N3OS/c1-4-10-18-14(16-17-15(18)20)11(3)19-13-8-6-12(5-2)7-9-13/h4,6-9,11H,1,5,10H2,2-3H3,(H,17,20). The molecular formula is C15H19N3OS. The fourth-order valence-electron chi connectivity index (χ4n) is 2.01. The minimum atomic E-state index is -0.185. The third kappa shape index (κ3) is 3.17. The van der Waals surface area contributed by atoms with Crippen LogP contribution in [0.15, 0.2) is 36.9 Å². The van der Waals surface area contributed by atoms with Gasteiger partial charge in [-0.25, -0.2) is 0 Å². The van der Waals surface area contributed by atoms with E-state index in [2.05, 4.69) is 35.8 Å². The molecule has 2 rings (SSSR count). The van der Waals surface area contributed by atoms with Gasteiger partial charge < -0.3 is 4.74 Å². The smallest absolute Gasteiger partial charge is 0.195 e. The highest BCUT2D eigenvalue weighted by Gasteiger charge is 2.15. The van der Waals surface area contributed by atoms with Gasteiger partial charge in [0.15, 0.2) is 16.7 Å². The molecule has 0 saturated carbocycles. The highest BCUT2D eigenvalue weighted by molar-refractivity contribution is 7.71. The Kier molecular flexibility index (Phi) is 4.74. The van der Waals surface area contributed by atoms with Crippen molar-refractivity contribution in [2.45, 2.75) is 32.9 Å². The Morgan fingerprint density at radius 1 is 1.45 bits per heavy atom. The first-order valence-corrected chi connectivity index (χ1v) is 7.08. The molecule has 2 aromatic rings. The van der Waals surface area contributed by atoms with Gasteiger partial charge in [-0.3, -0.25) is 9.67 Å². The molecule has 0 amide bonds. The molecule has 1 aromatic carbocycles. The molecule has 1 unspecified atom stereocenters. The molecule has 1 N–H and O–H groups in total. The van der Waals surface area contributed by atoms with E-state index in [1.54, 1.807) is 6.08 Å². The molecule has 0 bridgehead atoms. The molecule has 0 aliphatic heterocycles. The highest BCUT2D eigenvalue weighted by Crippen LogP contribution is 2.21. The fraction of sp³-hybridized carbons (Fsp3) is 0.333. The Balaban J connectivity index is 2.16. The number of nitrogens with zero attached hydrogens (tertiary/aromatic N) is 2. The second-order valence-corrected chi connectivity index (χ2v) is 4.93. The first kappa shape index (κ1) is 14.5. The number of aromatic nitrogens is 3. The minimum Gasteiger partial charge on any atom is -0.483 e. The van der Waals surface area contributed by atoms with E-state index in [9.17, 15) is 0 Å². The van der Waals surface area contributed by atoms with Gasteiger partial charge in [-0.2, -0.15) is 5.10 Å². The number of hydrogen-bond acceptors (Lipinski definition) is 3. The van der Waals surface area contributed by atoms with E-state index in [4.69, 9.17) is 17.0 Å². The summed E-state index contributed by atoms with van der Waals surface area (Å²) in [4.78, 5) is 0. The van der Waals surface area contributed by atoms with Crippen molar-refractivity contribution in [1.82, 2.24) is 14.8 Å². The number of allylic oxidation sites excluding steroid dienone is 1. The van der Waals surface area contributed by atoms with E-state index < -0.39 is 0 Å². The van der Waals surface area contributed by atoms with Crippen LogP contribution >= 0.6 is 12.2 Å². The van der Waals surface area contributed by atoms with Crippen molar-refractivity contribution in [1.29, 1.82) is 0 Å². The van der Waals surface area contributed by atoms with Crippen LogP contribution in [0.5, 0.6) is 5.75 Å². The average Bonchev–Trinajstić information content (AvgIpc) is 2.82. The van der Waals surface area contributed by atoms with Crippen LogP contribution in [0.25, 0.3) is 0 Å². The molecule has 1 aromatic heterocycles. The van der Waals surface area contributed by atoms with Gasteiger partial charge in [0.25, 0.3) is 0 Å². The van der Waals surface area contributed by atoms with Gasteiger partial charge >= 0.3 is 0 Å². The number of benzene rings is 1. The normalized spacial score (nSPS) is 12.1. The Bertz CT molecular complexity index is 627. The van der Waals surface area contributed by atoms with Crippen molar-refractivity contribution in [2.24, 2.45) is 0 Å². The average molecular weight is 289 g/mol. The second kappa shape index (κ2) is 6.52. The summed E-state index contributed by atoms with van der Waals surface area (Å²) in [5, 5.41) is 7.03. The predicted molar refractivity (Wildman–Crippen MR) is 82.5 cm³/mol. The van der Waals surface area contributed by atoms with E-state index in [0.29, 0.717) is 11.3 Å². The van der Waals surface area contributed by atoms with Crippen LogP contribution in [-0.2, 0) is 13.0 Å². The van der Waals surface area contributed by atoms with Crippen LogP contribution in [0.3, 0.4) is 0 Å². The van der Waals surface area contributed by atoms with Crippen LogP contribution in [0, 0.1) is 4.77 Å². The molecule has 106 valence electrons. The molecule has 0 fully saturated rings. The van der Waals surface area contributed by atoms with Crippen LogP contribution in [0.1, 0.15) is 31.3 Å². The Morgan fingerprint density at radius 3 is 2.75 bits per heavy atom. The van der Waals surface area contributed by atoms with E-state index in [1.165, 1.54) is 5.56 Å². The fourth-order valence-corrected chi connectivity index (χ4v) is 2.22. The number of nitrogens with one attached hydrogen (secondary N) is 1. The number of hydrogen-bond donors (Lipinski definition) is 1. The summed E-state index contributed by atoms with van der Waals surface area (Å²) in [6.07, 6.45) is 2.63. The van der Waals surface area contributed by atoms with Gasteiger partial charge in [0, 0.05) is 6.54 Å². The van der Waals surface area contributed by atoms with Crippen molar-refractivity contribution < 1.29 is 4.74 Å². The largest absolute Gasteiger partial charge is 0.483 e. The highest BCUT2D eigenvalue weighted by atomic mass is 32.1. The second-order valence-electron chi connectivity index (χ2n) is 4.54. The number of ether oxygens (including phenoxy) is 1. The summed E-state index contributed by atoms with van der Waals surface area (Å²) in [6, 6.07) is 8.11. The summed E-state index contributed by atoms with van der Waals surface area (Å²) in [5.41, 5.74) is 1.29. The molecule has 5 heteroatoms. The number of rotatable bonds is 6. The van der Waals surface area contributed by atoms with Crippen LogP contribution in [0.4, 0.5) is 0 Å². The third-order valence-electron chi connectivity index (χ3n) is 3.11. The van der Waals surface area contributed by atoms with Crippen molar-refractivity contribution in [2.75, 3.05) is 0 Å². The zero-order valence-electron chi connectivity index (χ0n) is 11.8. The maximum atomic E-state index is 5.92. The third-order valence-corrected chi connectivity index (χ3v) is 3.42. The lowest BCUT2D eigenvalue weighted by Gasteiger charge is -2.15. The van der Waals surface area contributed by atoms with Crippen molar-refractivity contribution in [3.05, 3.63) is 53.1 Å². The molecular weight excluding hydrogens is 270 g/mol. The maximum absolute atomic E-state index is 5.92. The Hall–Kier alpha value is -1.88.